The quantitative estimate of drug-likeness (QED) is 0.650. The number of hydrogen-bond donors (Lipinski definition) is 1. The van der Waals surface area contributed by atoms with Crippen LogP contribution in [0, 0.1) is 0 Å². The average molecular weight is 393 g/mol. The van der Waals surface area contributed by atoms with E-state index in [4.69, 9.17) is 9.47 Å². The summed E-state index contributed by atoms with van der Waals surface area (Å²) < 4.78 is 38.4. The number of ether oxygens (including phenoxy) is 2. The molecule has 1 fully saturated rings. The lowest BCUT2D eigenvalue weighted by molar-refractivity contribution is 0.339. The van der Waals surface area contributed by atoms with Gasteiger partial charge in [-0.15, -0.1) is 0 Å². The van der Waals surface area contributed by atoms with Gasteiger partial charge in [0.15, 0.2) is 0 Å². The molecule has 0 bridgehead atoms. The second-order valence-corrected chi connectivity index (χ2v) is 8.26. The highest BCUT2D eigenvalue weighted by Gasteiger charge is 2.25. The lowest BCUT2D eigenvalue weighted by atomic mass is 10.3. The molecule has 146 valence electrons. The molecule has 2 aromatic rings. The standard InChI is InChI=1S/C18H23N3O5S/c1-25-15-4-6-16(7-5-15)26-12-13-27(23,24)19-10-11-21-18(22)9-8-17(20-21)14-2-3-14/h4-9,14,19H,2-3,10-13H2,1H3. The minimum Gasteiger partial charge on any atom is -0.497 e. The largest absolute Gasteiger partial charge is 0.497 e. The Balaban J connectivity index is 1.44. The predicted molar refractivity (Wildman–Crippen MR) is 101 cm³/mol. The maximum Gasteiger partial charge on any atom is 0.266 e. The molecule has 3 rings (SSSR count). The number of methoxy groups -OCH3 is 1. The van der Waals surface area contributed by atoms with Crippen molar-refractivity contribution in [2.24, 2.45) is 0 Å². The molecular formula is C18H23N3O5S. The molecule has 0 unspecified atom stereocenters. The van der Waals surface area contributed by atoms with Crippen molar-refractivity contribution in [3.05, 3.63) is 52.4 Å². The molecular weight excluding hydrogens is 370 g/mol. The molecule has 0 saturated heterocycles. The van der Waals surface area contributed by atoms with Gasteiger partial charge in [0.05, 0.1) is 25.1 Å². The van der Waals surface area contributed by atoms with Crippen molar-refractivity contribution in [2.75, 3.05) is 26.0 Å². The summed E-state index contributed by atoms with van der Waals surface area (Å²) in [6.45, 7) is 0.320. The summed E-state index contributed by atoms with van der Waals surface area (Å²) in [5, 5.41) is 4.30. The van der Waals surface area contributed by atoms with Gasteiger partial charge in [-0.2, -0.15) is 5.10 Å². The van der Waals surface area contributed by atoms with E-state index >= 15 is 0 Å². The Morgan fingerprint density at radius 1 is 1.15 bits per heavy atom. The Kier molecular flexibility index (Phi) is 6.12. The molecule has 0 radical (unpaired) electrons. The van der Waals surface area contributed by atoms with Gasteiger partial charge in [0.1, 0.15) is 18.1 Å². The predicted octanol–water partition coefficient (Wildman–Crippen LogP) is 1.13. The van der Waals surface area contributed by atoms with Crippen molar-refractivity contribution in [3.63, 3.8) is 0 Å². The highest BCUT2D eigenvalue weighted by Crippen LogP contribution is 2.38. The van der Waals surface area contributed by atoms with Crippen LogP contribution < -0.4 is 19.8 Å². The van der Waals surface area contributed by atoms with E-state index in [0.29, 0.717) is 17.4 Å². The first-order chi connectivity index (χ1) is 13.0. The van der Waals surface area contributed by atoms with Crippen LogP contribution >= 0.6 is 0 Å². The van der Waals surface area contributed by atoms with E-state index in [1.54, 1.807) is 37.4 Å². The van der Waals surface area contributed by atoms with Gasteiger partial charge in [-0.25, -0.2) is 17.8 Å². The van der Waals surface area contributed by atoms with E-state index in [9.17, 15) is 13.2 Å². The molecule has 1 aliphatic rings. The Labute approximate surface area is 158 Å². The summed E-state index contributed by atoms with van der Waals surface area (Å²) in [6, 6.07) is 10.1. The second kappa shape index (κ2) is 8.53. The normalized spacial score (nSPS) is 14.1. The maximum atomic E-state index is 12.1. The summed E-state index contributed by atoms with van der Waals surface area (Å²) in [5.41, 5.74) is 0.659. The van der Waals surface area contributed by atoms with Gasteiger partial charge >= 0.3 is 0 Å². The zero-order valence-electron chi connectivity index (χ0n) is 15.1. The van der Waals surface area contributed by atoms with Gasteiger partial charge in [-0.3, -0.25) is 4.79 Å². The molecule has 1 heterocycles. The maximum absolute atomic E-state index is 12.1. The van der Waals surface area contributed by atoms with E-state index in [-0.39, 0.29) is 31.0 Å². The summed E-state index contributed by atoms with van der Waals surface area (Å²) in [6.07, 6.45) is 2.18. The topological polar surface area (TPSA) is 99.5 Å². The Hall–Kier alpha value is -2.39. The van der Waals surface area contributed by atoms with Crippen LogP contribution in [-0.2, 0) is 16.6 Å². The smallest absolute Gasteiger partial charge is 0.266 e. The highest BCUT2D eigenvalue weighted by molar-refractivity contribution is 7.89. The molecule has 0 atom stereocenters. The number of sulfonamides is 1. The lowest BCUT2D eigenvalue weighted by Crippen LogP contribution is -2.34. The van der Waals surface area contributed by atoms with E-state index in [1.165, 1.54) is 10.7 Å². The first kappa shape index (κ1) is 19.4. The van der Waals surface area contributed by atoms with E-state index in [0.717, 1.165) is 18.5 Å². The molecule has 0 amide bonds. The number of benzene rings is 1. The summed E-state index contributed by atoms with van der Waals surface area (Å²) in [5.74, 6) is 1.53. The molecule has 27 heavy (non-hydrogen) atoms. The van der Waals surface area contributed by atoms with Crippen molar-refractivity contribution in [1.82, 2.24) is 14.5 Å². The van der Waals surface area contributed by atoms with Crippen LogP contribution in [0.15, 0.2) is 41.2 Å². The molecule has 1 saturated carbocycles. The molecule has 1 aromatic carbocycles. The van der Waals surface area contributed by atoms with Crippen LogP contribution in [-0.4, -0.2) is 44.2 Å². The zero-order valence-corrected chi connectivity index (χ0v) is 15.9. The van der Waals surface area contributed by atoms with E-state index in [2.05, 4.69) is 9.82 Å². The van der Waals surface area contributed by atoms with Crippen LogP contribution in [0.4, 0.5) is 0 Å². The summed E-state index contributed by atoms with van der Waals surface area (Å²) >= 11 is 0. The van der Waals surface area contributed by atoms with Gasteiger partial charge < -0.3 is 9.47 Å². The molecule has 1 aromatic heterocycles. The lowest BCUT2D eigenvalue weighted by Gasteiger charge is -2.10. The van der Waals surface area contributed by atoms with E-state index in [1.807, 2.05) is 0 Å². The molecule has 8 nitrogen and oxygen atoms in total. The first-order valence-corrected chi connectivity index (χ1v) is 10.4. The summed E-state index contributed by atoms with van der Waals surface area (Å²) in [7, 11) is -1.94. The highest BCUT2D eigenvalue weighted by atomic mass is 32.2. The third kappa shape index (κ3) is 5.80. The minimum absolute atomic E-state index is 0.0248. The first-order valence-electron chi connectivity index (χ1n) is 8.79. The minimum atomic E-state index is -3.50. The van der Waals surface area contributed by atoms with Crippen molar-refractivity contribution >= 4 is 10.0 Å². The van der Waals surface area contributed by atoms with Gasteiger partial charge in [0, 0.05) is 18.5 Å². The van der Waals surface area contributed by atoms with Gasteiger partial charge in [0.25, 0.3) is 5.56 Å². The molecule has 1 aliphatic carbocycles. The number of nitrogens with zero attached hydrogens (tertiary/aromatic N) is 2. The van der Waals surface area contributed by atoms with Crippen molar-refractivity contribution < 1.29 is 17.9 Å². The fourth-order valence-electron chi connectivity index (χ4n) is 2.54. The van der Waals surface area contributed by atoms with Gasteiger partial charge in [0.2, 0.25) is 10.0 Å². The zero-order chi connectivity index (χ0) is 19.3. The van der Waals surface area contributed by atoms with Crippen molar-refractivity contribution in [2.45, 2.75) is 25.3 Å². The molecule has 1 N–H and O–H groups in total. The molecule has 0 aliphatic heterocycles. The fraction of sp³-hybridized carbons (Fsp3) is 0.444. The molecule has 0 spiro atoms. The van der Waals surface area contributed by atoms with Crippen LogP contribution in [0.3, 0.4) is 0 Å². The van der Waals surface area contributed by atoms with Crippen LogP contribution in [0.1, 0.15) is 24.5 Å². The average Bonchev–Trinajstić information content (AvgIpc) is 3.49. The van der Waals surface area contributed by atoms with E-state index < -0.39 is 10.0 Å². The number of nitrogens with one attached hydrogen (secondary N) is 1. The monoisotopic (exact) mass is 393 g/mol. The number of aromatic nitrogens is 2. The van der Waals surface area contributed by atoms with Crippen LogP contribution in [0.2, 0.25) is 0 Å². The Bertz CT molecular complexity index is 921. The molecule has 9 heteroatoms. The fourth-order valence-corrected chi connectivity index (χ4v) is 3.39. The van der Waals surface area contributed by atoms with Crippen molar-refractivity contribution in [1.29, 1.82) is 0 Å². The third-order valence-corrected chi connectivity index (χ3v) is 5.56. The number of hydrogen-bond acceptors (Lipinski definition) is 6. The number of rotatable bonds is 10. The van der Waals surface area contributed by atoms with Gasteiger partial charge in [-0.1, -0.05) is 0 Å². The SMILES string of the molecule is COc1ccc(OCCS(=O)(=O)NCCn2nc(C3CC3)ccc2=O)cc1. The van der Waals surface area contributed by atoms with Crippen LogP contribution in [0.5, 0.6) is 11.5 Å². The van der Waals surface area contributed by atoms with Crippen LogP contribution in [0.25, 0.3) is 0 Å². The summed E-state index contributed by atoms with van der Waals surface area (Å²) in [4.78, 5) is 11.8. The third-order valence-electron chi connectivity index (χ3n) is 4.21. The van der Waals surface area contributed by atoms with Gasteiger partial charge in [-0.05, 0) is 43.2 Å². The Morgan fingerprint density at radius 3 is 2.52 bits per heavy atom. The second-order valence-electron chi connectivity index (χ2n) is 6.33. The van der Waals surface area contributed by atoms with Crippen molar-refractivity contribution in [3.8, 4) is 11.5 Å². The Morgan fingerprint density at radius 2 is 1.85 bits per heavy atom.